The second-order valence-electron chi connectivity index (χ2n) is 7.85. The number of urea groups is 1. The standard InChI is InChI=1S/C25H23F6N3O4/c1-36-18-11-14(12-19(37-2)22(18)38-3)13-33-23(35)34-20(15-6-8-16(9-7-15)24(26,27)28)21-17(25(29,30)31)5-4-10-32-21/h4-12,20H,13H2,1-3H3,(H2,33,34,35)/t20-/m0/s1. The molecule has 0 bridgehead atoms. The number of aromatic nitrogens is 1. The van der Waals surface area contributed by atoms with Gasteiger partial charge in [0.05, 0.1) is 44.2 Å². The molecule has 0 fully saturated rings. The summed E-state index contributed by atoms with van der Waals surface area (Å²) in [6, 6.07) is 5.96. The summed E-state index contributed by atoms with van der Waals surface area (Å²) < 4.78 is 95.9. The average Bonchev–Trinajstić information content (AvgIpc) is 2.89. The summed E-state index contributed by atoms with van der Waals surface area (Å²) in [5.74, 6) is 0.949. The average molecular weight is 543 g/mol. The van der Waals surface area contributed by atoms with Crippen LogP contribution in [-0.2, 0) is 18.9 Å². The van der Waals surface area contributed by atoms with Crippen molar-refractivity contribution in [2.75, 3.05) is 21.3 Å². The van der Waals surface area contributed by atoms with Crippen LogP contribution in [0.25, 0.3) is 0 Å². The highest BCUT2D eigenvalue weighted by molar-refractivity contribution is 5.75. The lowest BCUT2D eigenvalue weighted by atomic mass is 9.98. The quantitative estimate of drug-likeness (QED) is 0.355. The van der Waals surface area contributed by atoms with Crippen molar-refractivity contribution in [2.45, 2.75) is 24.9 Å². The third-order valence-electron chi connectivity index (χ3n) is 5.44. The maximum Gasteiger partial charge on any atom is 0.418 e. The predicted molar refractivity (Wildman–Crippen MR) is 124 cm³/mol. The molecule has 2 aromatic carbocycles. The summed E-state index contributed by atoms with van der Waals surface area (Å²) >= 11 is 0. The first-order valence-electron chi connectivity index (χ1n) is 10.9. The molecule has 1 atom stereocenters. The first-order chi connectivity index (χ1) is 17.9. The Morgan fingerprint density at radius 1 is 0.895 bits per heavy atom. The van der Waals surface area contributed by atoms with Crippen LogP contribution in [0, 0.1) is 0 Å². The zero-order valence-electron chi connectivity index (χ0n) is 20.3. The first kappa shape index (κ1) is 28.4. The van der Waals surface area contributed by atoms with E-state index in [4.69, 9.17) is 14.2 Å². The van der Waals surface area contributed by atoms with Crippen LogP contribution in [-0.4, -0.2) is 32.3 Å². The Balaban J connectivity index is 1.91. The van der Waals surface area contributed by atoms with E-state index in [0.29, 0.717) is 34.9 Å². The Labute approximate surface area is 213 Å². The third kappa shape index (κ3) is 6.58. The Kier molecular flexibility index (Phi) is 8.59. The topological polar surface area (TPSA) is 81.7 Å². The highest BCUT2D eigenvalue weighted by atomic mass is 19.4. The van der Waals surface area contributed by atoms with E-state index >= 15 is 0 Å². The van der Waals surface area contributed by atoms with Crippen LogP contribution in [0.15, 0.2) is 54.7 Å². The van der Waals surface area contributed by atoms with Crippen LogP contribution in [0.4, 0.5) is 31.1 Å². The van der Waals surface area contributed by atoms with Gasteiger partial charge in [-0.15, -0.1) is 0 Å². The van der Waals surface area contributed by atoms with Crippen molar-refractivity contribution in [1.29, 1.82) is 0 Å². The van der Waals surface area contributed by atoms with Gasteiger partial charge in [0, 0.05) is 12.7 Å². The van der Waals surface area contributed by atoms with Crippen LogP contribution in [0.5, 0.6) is 17.2 Å². The molecule has 2 amide bonds. The van der Waals surface area contributed by atoms with E-state index in [1.165, 1.54) is 21.3 Å². The summed E-state index contributed by atoms with van der Waals surface area (Å²) in [6.07, 6.45) is -8.39. The van der Waals surface area contributed by atoms with Crippen molar-refractivity contribution in [3.05, 3.63) is 82.7 Å². The molecular formula is C25H23F6N3O4. The Morgan fingerprint density at radius 2 is 1.50 bits per heavy atom. The van der Waals surface area contributed by atoms with Gasteiger partial charge >= 0.3 is 18.4 Å². The lowest BCUT2D eigenvalue weighted by Gasteiger charge is -2.23. The Hall–Kier alpha value is -4.16. The van der Waals surface area contributed by atoms with Gasteiger partial charge in [-0.2, -0.15) is 26.3 Å². The van der Waals surface area contributed by atoms with E-state index < -0.39 is 41.2 Å². The SMILES string of the molecule is COc1cc(CNC(=O)N[C@@H](c2ccc(C(F)(F)F)cc2)c2ncccc2C(F)(F)F)cc(OC)c1OC. The molecule has 3 aromatic rings. The van der Waals surface area contributed by atoms with Gasteiger partial charge in [-0.1, -0.05) is 12.1 Å². The summed E-state index contributed by atoms with van der Waals surface area (Å²) in [7, 11) is 4.22. The molecule has 0 aliphatic rings. The van der Waals surface area contributed by atoms with Crippen molar-refractivity contribution in [3.8, 4) is 17.2 Å². The third-order valence-corrected chi connectivity index (χ3v) is 5.44. The Bertz CT molecular complexity index is 1240. The molecule has 1 heterocycles. The second-order valence-corrected chi connectivity index (χ2v) is 7.85. The van der Waals surface area contributed by atoms with Gasteiger partial charge < -0.3 is 24.8 Å². The Morgan fingerprint density at radius 3 is 2.00 bits per heavy atom. The predicted octanol–water partition coefficient (Wildman–Crippen LogP) is 5.73. The number of carbonyl (C=O) groups excluding carboxylic acids is 1. The van der Waals surface area contributed by atoms with Gasteiger partial charge in [0.2, 0.25) is 5.75 Å². The van der Waals surface area contributed by atoms with E-state index in [-0.39, 0.29) is 12.1 Å². The van der Waals surface area contributed by atoms with Gasteiger partial charge in [0.15, 0.2) is 11.5 Å². The van der Waals surface area contributed by atoms with Gasteiger partial charge in [-0.05, 0) is 47.5 Å². The number of rotatable bonds is 8. The van der Waals surface area contributed by atoms with Crippen LogP contribution in [0.1, 0.15) is 34.0 Å². The van der Waals surface area contributed by atoms with Gasteiger partial charge in [0.25, 0.3) is 0 Å². The number of carbonyl (C=O) groups is 1. The van der Waals surface area contributed by atoms with Gasteiger partial charge in [-0.25, -0.2) is 4.79 Å². The number of methoxy groups -OCH3 is 3. The molecule has 7 nitrogen and oxygen atoms in total. The first-order valence-corrected chi connectivity index (χ1v) is 10.9. The van der Waals surface area contributed by atoms with Crippen LogP contribution in [0.2, 0.25) is 0 Å². The molecular weight excluding hydrogens is 520 g/mol. The highest BCUT2D eigenvalue weighted by Gasteiger charge is 2.37. The normalized spacial score (nSPS) is 12.4. The summed E-state index contributed by atoms with van der Waals surface area (Å²) in [5, 5.41) is 4.90. The molecule has 1 aromatic heterocycles. The minimum Gasteiger partial charge on any atom is -0.493 e. The highest BCUT2D eigenvalue weighted by Crippen LogP contribution is 2.39. The van der Waals surface area contributed by atoms with Gasteiger partial charge in [-0.3, -0.25) is 4.98 Å². The monoisotopic (exact) mass is 543 g/mol. The molecule has 0 spiro atoms. The van der Waals surface area contributed by atoms with Crippen molar-refractivity contribution >= 4 is 6.03 Å². The summed E-state index contributed by atoms with van der Waals surface area (Å²) in [6.45, 7) is -0.101. The van der Waals surface area contributed by atoms with Crippen LogP contribution in [0.3, 0.4) is 0 Å². The number of hydrogen-bond acceptors (Lipinski definition) is 5. The van der Waals surface area contributed by atoms with Crippen LogP contribution >= 0.6 is 0 Å². The molecule has 3 rings (SSSR count). The van der Waals surface area contributed by atoms with Crippen LogP contribution < -0.4 is 24.8 Å². The number of benzene rings is 2. The number of nitrogens with zero attached hydrogens (tertiary/aromatic N) is 1. The van der Waals surface area contributed by atoms with Gasteiger partial charge in [0.1, 0.15) is 0 Å². The van der Waals surface area contributed by atoms with E-state index in [0.717, 1.165) is 30.5 Å². The lowest BCUT2D eigenvalue weighted by molar-refractivity contribution is -0.139. The summed E-state index contributed by atoms with van der Waals surface area (Å²) in [4.78, 5) is 16.6. The zero-order chi connectivity index (χ0) is 28.1. The minimum atomic E-state index is -4.83. The molecule has 38 heavy (non-hydrogen) atoms. The molecule has 0 aliphatic heterocycles. The number of amides is 2. The number of hydrogen-bond donors (Lipinski definition) is 2. The van der Waals surface area contributed by atoms with E-state index in [1.54, 1.807) is 12.1 Å². The second kappa shape index (κ2) is 11.5. The molecule has 0 aliphatic carbocycles. The zero-order valence-corrected chi connectivity index (χ0v) is 20.3. The van der Waals surface area contributed by atoms with Crippen molar-refractivity contribution in [2.24, 2.45) is 0 Å². The number of ether oxygens (including phenoxy) is 3. The number of nitrogens with one attached hydrogen (secondary N) is 2. The largest absolute Gasteiger partial charge is 0.493 e. The van der Waals surface area contributed by atoms with Crippen molar-refractivity contribution < 1.29 is 45.3 Å². The lowest BCUT2D eigenvalue weighted by Crippen LogP contribution is -2.39. The van der Waals surface area contributed by atoms with E-state index in [9.17, 15) is 31.1 Å². The number of alkyl halides is 6. The molecule has 13 heteroatoms. The molecule has 0 saturated heterocycles. The molecule has 0 saturated carbocycles. The maximum absolute atomic E-state index is 13.7. The maximum atomic E-state index is 13.7. The van der Waals surface area contributed by atoms with Crippen molar-refractivity contribution in [1.82, 2.24) is 15.6 Å². The minimum absolute atomic E-state index is 0.0369. The molecule has 204 valence electrons. The van der Waals surface area contributed by atoms with Crippen molar-refractivity contribution in [3.63, 3.8) is 0 Å². The summed E-state index contributed by atoms with van der Waals surface area (Å²) in [5.41, 5.74) is -2.25. The molecule has 2 N–H and O–H groups in total. The van der Waals surface area contributed by atoms with E-state index in [2.05, 4.69) is 15.6 Å². The van der Waals surface area contributed by atoms with E-state index in [1.807, 2.05) is 0 Å². The number of halogens is 6. The fourth-order valence-corrected chi connectivity index (χ4v) is 3.66. The fraction of sp³-hybridized carbons (Fsp3) is 0.280. The number of pyridine rings is 1. The molecule has 0 unspecified atom stereocenters. The fourth-order valence-electron chi connectivity index (χ4n) is 3.66. The molecule has 0 radical (unpaired) electrons. The smallest absolute Gasteiger partial charge is 0.418 e.